The molecule has 8 aromatic rings. The van der Waals surface area contributed by atoms with Crippen molar-refractivity contribution in [2.75, 3.05) is 51.2 Å². The Hall–Kier alpha value is -3.09. The van der Waals surface area contributed by atoms with Crippen molar-refractivity contribution in [2.45, 2.75) is 79.5 Å². The van der Waals surface area contributed by atoms with Crippen LogP contribution in [0.4, 0.5) is 11.4 Å². The van der Waals surface area contributed by atoms with E-state index in [4.69, 9.17) is 14.5 Å². The SMILES string of the molecule is CN(C)c1cccc(S)c1.CN(C)c1cccc(Sc2cnc3c(c2)c(-c2cnn(C)c2)cn3COCC[Si](C)(C)C)c1.Cl.Cn1cc(-c2cn(COCC[Si](C)(C)C)c3ncc(Br)cc23)cn1.[Cu][I]. The van der Waals surface area contributed by atoms with E-state index < -0.39 is 16.1 Å². The second-order valence-electron chi connectivity index (χ2n) is 19.5. The summed E-state index contributed by atoms with van der Waals surface area (Å²) < 4.78 is 20.8. The predicted octanol–water partition coefficient (Wildman–Crippen LogP) is 13.8. The summed E-state index contributed by atoms with van der Waals surface area (Å²) in [5.74, 6) is 0. The van der Waals surface area contributed by atoms with E-state index in [1.54, 1.807) is 32.1 Å². The van der Waals surface area contributed by atoms with Gasteiger partial charge in [-0.2, -0.15) is 10.2 Å². The molecule has 0 aliphatic carbocycles. The summed E-state index contributed by atoms with van der Waals surface area (Å²) in [5, 5.41) is 10.9. The van der Waals surface area contributed by atoms with Gasteiger partial charge in [-0.15, -0.1) is 25.0 Å². The van der Waals surface area contributed by atoms with Crippen LogP contribution in [0.15, 0.2) is 129 Å². The van der Waals surface area contributed by atoms with Crippen molar-refractivity contribution in [3.05, 3.63) is 115 Å². The van der Waals surface area contributed by atoms with Crippen LogP contribution >= 0.6 is 73.1 Å². The average molecular weight is 1270 g/mol. The number of hydrogen-bond acceptors (Lipinski definition) is 10. The summed E-state index contributed by atoms with van der Waals surface area (Å²) in [6, 6.07) is 23.3. The van der Waals surface area contributed by atoms with E-state index in [0.717, 1.165) is 77.8 Å². The standard InChI is InChI=1S/C25H33N5OSSi.C17H23BrN4OSi.C8H11NS.ClH.Cu.HI/c1-28(2)20-8-7-9-21(12-20)32-22-13-23-24(19-14-27-29(3)16-19)17-30(25(23)26-15-22)18-31-10-11-33(4,5)6;1-21-10-13(8-20-21)16-11-22(12-23-5-6-24(2,3)4)17-15(16)7-14(18)9-19-17;1-9(2)7-4-3-5-8(10)6-7;;;/h7-9,12-17H,10-11,18H2,1-6H3;7-11H,5-6,12H2,1-4H3;3-6,10H,1-2H3;1H;;1H/q;;;;+1;/p-1. The number of pyridine rings is 2. The van der Waals surface area contributed by atoms with Gasteiger partial charge in [-0.1, -0.05) is 63.2 Å². The van der Waals surface area contributed by atoms with Crippen LogP contribution in [0.2, 0.25) is 51.4 Å². The number of rotatable bonds is 16. The van der Waals surface area contributed by atoms with E-state index in [1.807, 2.05) is 92.9 Å². The molecule has 6 aromatic heterocycles. The van der Waals surface area contributed by atoms with Crippen molar-refractivity contribution in [1.82, 2.24) is 38.7 Å². The Morgan fingerprint density at radius 1 is 0.643 bits per heavy atom. The molecule has 6 heterocycles. The number of thiol groups is 1. The zero-order valence-electron chi connectivity index (χ0n) is 42.2. The summed E-state index contributed by atoms with van der Waals surface area (Å²) >= 11 is 15.3. The maximum atomic E-state index is 6.05. The number of nitrogens with zero attached hydrogens (tertiary/aromatic N) is 10. The van der Waals surface area contributed by atoms with Crippen LogP contribution in [0.3, 0.4) is 0 Å². The number of hydrogen-bond donors (Lipinski definition) is 1. The van der Waals surface area contributed by atoms with Crippen LogP contribution in [0.5, 0.6) is 0 Å². The fraction of sp³-hybridized carbons (Fsp3) is 0.360. The first-order valence-corrected chi connectivity index (χ1v) is 35.0. The summed E-state index contributed by atoms with van der Waals surface area (Å²) in [7, 11) is 9.84. The normalized spacial score (nSPS) is 11.3. The zero-order chi connectivity index (χ0) is 50.5. The zero-order valence-corrected chi connectivity index (χ0v) is 51.5. The Bertz CT molecular complexity index is 2880. The second kappa shape index (κ2) is 27.8. The number of ether oxygens (including phenoxy) is 2. The molecule has 0 saturated carbocycles. The van der Waals surface area contributed by atoms with Crippen molar-refractivity contribution in [2.24, 2.45) is 14.1 Å². The Kier molecular flexibility index (Phi) is 23.6. The van der Waals surface area contributed by atoms with Gasteiger partial charge in [0.05, 0.1) is 12.4 Å². The van der Waals surface area contributed by atoms with Crippen molar-refractivity contribution in [1.29, 1.82) is 0 Å². The second-order valence-corrected chi connectivity index (χ2v) is 33.3. The van der Waals surface area contributed by atoms with Crippen molar-refractivity contribution in [3.8, 4) is 22.3 Å². The van der Waals surface area contributed by atoms with Gasteiger partial charge in [0, 0.05) is 172 Å². The maximum absolute atomic E-state index is 6.05. The van der Waals surface area contributed by atoms with E-state index in [1.165, 1.54) is 22.3 Å². The van der Waals surface area contributed by atoms with Crippen LogP contribution in [-0.2, 0) is 49.8 Å². The summed E-state index contributed by atoms with van der Waals surface area (Å²) in [6.45, 7) is 16.8. The summed E-state index contributed by atoms with van der Waals surface area (Å²) in [6.07, 6.45) is 15.9. The first-order valence-electron chi connectivity index (χ1n) is 22.5. The number of fused-ring (bicyclic) bond motifs is 2. The van der Waals surface area contributed by atoms with Gasteiger partial charge in [0.15, 0.2) is 0 Å². The molecule has 0 spiro atoms. The topological polar surface area (TPSA) is 96.2 Å². The quantitative estimate of drug-likeness (QED) is 0.0439. The van der Waals surface area contributed by atoms with Crippen LogP contribution in [0.25, 0.3) is 44.3 Å². The number of aryl methyl sites for hydroxylation is 2. The molecular weight excluding hydrogens is 1200 g/mol. The van der Waals surface area contributed by atoms with Gasteiger partial charge >= 0.3 is 33.1 Å². The van der Waals surface area contributed by atoms with Crippen LogP contribution in [0.1, 0.15) is 0 Å². The molecule has 20 heteroatoms. The van der Waals surface area contributed by atoms with E-state index in [9.17, 15) is 0 Å². The first kappa shape index (κ1) is 59.5. The van der Waals surface area contributed by atoms with Gasteiger partial charge in [-0.3, -0.25) is 9.36 Å². The van der Waals surface area contributed by atoms with Gasteiger partial charge in [0.1, 0.15) is 24.8 Å². The molecule has 0 unspecified atom stereocenters. The monoisotopic (exact) mass is 1260 g/mol. The molecule has 0 saturated heterocycles. The summed E-state index contributed by atoms with van der Waals surface area (Å²) in [4.78, 5) is 16.9. The van der Waals surface area contributed by atoms with Gasteiger partial charge in [0.2, 0.25) is 0 Å². The van der Waals surface area contributed by atoms with Crippen molar-refractivity contribution in [3.63, 3.8) is 0 Å². The fourth-order valence-electron chi connectivity index (χ4n) is 6.95. The third kappa shape index (κ3) is 18.1. The predicted molar refractivity (Wildman–Crippen MR) is 314 cm³/mol. The van der Waals surface area contributed by atoms with Gasteiger partial charge < -0.3 is 28.4 Å². The van der Waals surface area contributed by atoms with Crippen LogP contribution in [-0.4, -0.2) is 96.2 Å². The van der Waals surface area contributed by atoms with E-state index in [0.29, 0.717) is 13.5 Å². The average Bonchev–Trinajstić information content (AvgIpc) is 4.09. The molecular formula is C50H68BrClCuIN10O2S2Si2. The molecule has 0 atom stereocenters. The molecule has 12 nitrogen and oxygen atoms in total. The molecule has 0 radical (unpaired) electrons. The van der Waals surface area contributed by atoms with Crippen LogP contribution in [0, 0.1) is 0 Å². The summed E-state index contributed by atoms with van der Waals surface area (Å²) in [5.41, 5.74) is 8.67. The number of halogens is 3. The minimum absolute atomic E-state index is 0. The molecule has 0 fully saturated rings. The number of benzene rings is 2. The van der Waals surface area contributed by atoms with Crippen molar-refractivity contribution >= 4 is 123 Å². The third-order valence-corrected chi connectivity index (χ3v) is 15.8. The molecule has 70 heavy (non-hydrogen) atoms. The van der Waals surface area contributed by atoms with Gasteiger partial charge in [0.25, 0.3) is 0 Å². The molecule has 382 valence electrons. The molecule has 0 aliphatic rings. The first-order chi connectivity index (χ1) is 32.7. The van der Waals surface area contributed by atoms with E-state index in [2.05, 4.69) is 184 Å². The van der Waals surface area contributed by atoms with Gasteiger partial charge in [-0.05, 0) is 76.5 Å². The molecule has 0 N–H and O–H groups in total. The Balaban J connectivity index is 0.000000251. The van der Waals surface area contributed by atoms with E-state index in [-0.39, 0.29) is 12.4 Å². The van der Waals surface area contributed by atoms with Crippen molar-refractivity contribution < 1.29 is 22.2 Å². The number of anilines is 2. The molecule has 8 rings (SSSR count). The van der Waals surface area contributed by atoms with Crippen LogP contribution < -0.4 is 9.80 Å². The third-order valence-electron chi connectivity index (χ3n) is 10.8. The minimum atomic E-state index is -1.12. The van der Waals surface area contributed by atoms with Gasteiger partial charge in [-0.25, -0.2) is 9.97 Å². The molecule has 0 bridgehead atoms. The molecule has 2 aromatic carbocycles. The molecule has 0 aliphatic heterocycles. The molecule has 0 amide bonds. The Labute approximate surface area is 461 Å². The fourth-order valence-corrected chi connectivity index (χ4v) is 9.89. The Morgan fingerprint density at radius 3 is 1.56 bits per heavy atom. The van der Waals surface area contributed by atoms with E-state index >= 15 is 0 Å². The Morgan fingerprint density at radius 2 is 1.11 bits per heavy atom. The number of aromatic nitrogens is 8.